The number of hydrogen-bond donors (Lipinski definition) is 2. The average molecular weight is 480 g/mol. The zero-order valence-electron chi connectivity index (χ0n) is 16.6. The van der Waals surface area contributed by atoms with E-state index >= 15 is 0 Å². The molecule has 0 unspecified atom stereocenters. The number of carbonyl (C=O) groups excluding carboxylic acids is 2. The number of alkyl halides is 3. The van der Waals surface area contributed by atoms with Crippen LogP contribution in [-0.2, 0) is 20.7 Å². The number of aromatic nitrogens is 1. The molecule has 0 spiro atoms. The Balaban J connectivity index is 2.08. The van der Waals surface area contributed by atoms with Gasteiger partial charge in [-0.15, -0.1) is 0 Å². The maximum absolute atomic E-state index is 12.5. The normalized spacial score (nSPS) is 13.2. The molecule has 0 radical (unpaired) electrons. The number of ether oxygens (including phenoxy) is 2. The summed E-state index contributed by atoms with van der Waals surface area (Å²) < 4.78 is 8.59. The predicted molar refractivity (Wildman–Crippen MR) is 120 cm³/mol. The number of amides is 1. The fourth-order valence-corrected chi connectivity index (χ4v) is 3.48. The number of alkyl carbamates (subject to hydrolysis) is 1. The molecule has 10 heteroatoms. The third-order valence-electron chi connectivity index (χ3n) is 4.14. The maximum atomic E-state index is 12.5. The van der Waals surface area contributed by atoms with Crippen molar-refractivity contribution in [1.29, 1.82) is 0 Å². The van der Waals surface area contributed by atoms with Gasteiger partial charge < -0.3 is 19.8 Å². The quantitative estimate of drug-likeness (QED) is 0.315. The van der Waals surface area contributed by atoms with Crippen molar-refractivity contribution in [1.82, 2.24) is 10.3 Å². The minimum absolute atomic E-state index is 0.200. The van der Waals surface area contributed by atoms with Gasteiger partial charge in [0.05, 0.1) is 6.61 Å². The van der Waals surface area contributed by atoms with Gasteiger partial charge in [-0.25, -0.2) is 9.59 Å². The number of para-hydroxylation sites is 1. The molecule has 29 heavy (non-hydrogen) atoms. The Labute approximate surface area is 186 Å². The first-order chi connectivity index (χ1) is 13.4. The highest BCUT2D eigenvalue weighted by atomic mass is 35.6. The lowest BCUT2D eigenvalue weighted by atomic mass is 10.1. The Kier molecular flexibility index (Phi) is 8.28. The molecule has 2 rings (SSSR count). The van der Waals surface area contributed by atoms with Crippen molar-refractivity contribution in [2.24, 2.45) is 0 Å². The molecule has 6 nitrogen and oxygen atoms in total. The van der Waals surface area contributed by atoms with E-state index in [1.54, 1.807) is 6.20 Å². The van der Waals surface area contributed by atoms with Crippen molar-refractivity contribution in [3.63, 3.8) is 0 Å². The number of halogens is 3. The fraction of sp³-hybridized carbons (Fsp3) is 0.474. The van der Waals surface area contributed by atoms with Crippen LogP contribution >= 0.6 is 34.8 Å². The predicted octanol–water partition coefficient (Wildman–Crippen LogP) is 5.06. The lowest BCUT2D eigenvalue weighted by Gasteiger charge is -2.20. The molecule has 2 aromatic rings. The molecule has 1 atom stereocenters. The van der Waals surface area contributed by atoms with E-state index in [1.165, 1.54) is 0 Å². The number of hydrogen-bond acceptors (Lipinski definition) is 4. The maximum Gasteiger partial charge on any atom is 0.407 e. The first-order valence-corrected chi connectivity index (χ1v) is 14.0. The van der Waals surface area contributed by atoms with Crippen LogP contribution in [0.4, 0.5) is 4.79 Å². The molecule has 1 aromatic carbocycles. The van der Waals surface area contributed by atoms with Crippen LogP contribution in [0.3, 0.4) is 0 Å². The molecule has 0 bridgehead atoms. The molecule has 2 N–H and O–H groups in total. The Morgan fingerprint density at radius 3 is 2.52 bits per heavy atom. The molecule has 1 heterocycles. The van der Waals surface area contributed by atoms with Crippen LogP contribution in [0.25, 0.3) is 10.9 Å². The number of nitrogens with one attached hydrogen (secondary N) is 2. The molecular formula is C19H25Cl3N2O4Si. The third kappa shape index (κ3) is 8.46. The zero-order valence-corrected chi connectivity index (χ0v) is 19.8. The van der Waals surface area contributed by atoms with Gasteiger partial charge in [-0.2, -0.15) is 0 Å². The van der Waals surface area contributed by atoms with Gasteiger partial charge in [-0.1, -0.05) is 72.6 Å². The molecule has 0 fully saturated rings. The van der Waals surface area contributed by atoms with E-state index in [0.717, 1.165) is 22.5 Å². The smallest absolute Gasteiger partial charge is 0.407 e. The number of aromatic amines is 1. The second-order valence-corrected chi connectivity index (χ2v) is 16.1. The summed E-state index contributed by atoms with van der Waals surface area (Å²) in [6.07, 6.45) is 1.31. The van der Waals surface area contributed by atoms with Gasteiger partial charge in [0.25, 0.3) is 0 Å². The summed E-state index contributed by atoms with van der Waals surface area (Å²) in [4.78, 5) is 27.9. The van der Waals surface area contributed by atoms with Gasteiger partial charge >= 0.3 is 12.1 Å². The fourth-order valence-electron chi connectivity index (χ4n) is 2.60. The Morgan fingerprint density at radius 1 is 1.17 bits per heavy atom. The lowest BCUT2D eigenvalue weighted by molar-refractivity contribution is -0.145. The Morgan fingerprint density at radius 2 is 1.86 bits per heavy atom. The third-order valence-corrected chi connectivity index (χ3v) is 6.17. The molecule has 1 amide bonds. The zero-order chi connectivity index (χ0) is 21.7. The molecule has 1 aromatic heterocycles. The summed E-state index contributed by atoms with van der Waals surface area (Å²) in [5, 5.41) is 3.52. The van der Waals surface area contributed by atoms with E-state index in [2.05, 4.69) is 29.9 Å². The highest BCUT2D eigenvalue weighted by Gasteiger charge is 2.28. The van der Waals surface area contributed by atoms with E-state index in [-0.39, 0.29) is 6.42 Å². The number of carbonyl (C=O) groups is 2. The average Bonchev–Trinajstić information content (AvgIpc) is 3.00. The molecule has 0 aliphatic carbocycles. The van der Waals surface area contributed by atoms with Gasteiger partial charge in [0.2, 0.25) is 3.79 Å². The summed E-state index contributed by atoms with van der Waals surface area (Å²) in [6, 6.07) is 7.49. The van der Waals surface area contributed by atoms with Crippen LogP contribution in [-0.4, -0.2) is 48.2 Å². The van der Waals surface area contributed by atoms with E-state index in [9.17, 15) is 9.59 Å². The standard InChI is InChI=1S/C19H25Cl3N2O4Si/c1-29(2,3)9-8-27-18(26)24-16(17(25)28-12-19(20,21)22)10-13-11-23-15-7-5-4-6-14(13)15/h4-7,11,16,23H,8-10,12H2,1-3H3,(H,24,26)/t16-/m0/s1. The van der Waals surface area contributed by atoms with Crippen LogP contribution < -0.4 is 5.32 Å². The van der Waals surface area contributed by atoms with Crippen molar-refractivity contribution < 1.29 is 19.1 Å². The first-order valence-electron chi connectivity index (χ1n) is 9.16. The van der Waals surface area contributed by atoms with Gasteiger partial charge in [0.15, 0.2) is 0 Å². The molecule has 0 saturated heterocycles. The summed E-state index contributed by atoms with van der Waals surface area (Å²) >= 11 is 17.0. The summed E-state index contributed by atoms with van der Waals surface area (Å²) in [5.41, 5.74) is 1.77. The molecule has 0 aliphatic rings. The summed E-state index contributed by atoms with van der Waals surface area (Å²) in [6.45, 7) is 6.42. The second-order valence-electron chi connectivity index (χ2n) is 7.93. The van der Waals surface area contributed by atoms with Crippen LogP contribution in [0.5, 0.6) is 0 Å². The van der Waals surface area contributed by atoms with Gasteiger partial charge in [-0.05, 0) is 17.7 Å². The van der Waals surface area contributed by atoms with E-state index in [1.807, 2.05) is 24.3 Å². The number of H-pyrrole nitrogens is 1. The molecular weight excluding hydrogens is 455 g/mol. The molecule has 160 valence electrons. The minimum atomic E-state index is -1.74. The number of esters is 1. The van der Waals surface area contributed by atoms with Gasteiger partial charge in [0, 0.05) is 31.6 Å². The van der Waals surface area contributed by atoms with Crippen LogP contribution in [0.15, 0.2) is 30.5 Å². The largest absolute Gasteiger partial charge is 0.460 e. The highest BCUT2D eigenvalue weighted by molar-refractivity contribution is 6.76. The molecule has 0 saturated carbocycles. The highest BCUT2D eigenvalue weighted by Crippen LogP contribution is 2.26. The van der Waals surface area contributed by atoms with Crippen molar-refractivity contribution >= 4 is 65.8 Å². The lowest BCUT2D eigenvalue weighted by Crippen LogP contribution is -2.44. The Hall–Kier alpha value is -1.41. The topological polar surface area (TPSA) is 80.4 Å². The SMILES string of the molecule is C[Si](C)(C)CCOC(=O)N[C@@H](Cc1c[nH]c2ccccc12)C(=O)OCC(Cl)(Cl)Cl. The van der Waals surface area contributed by atoms with Crippen molar-refractivity contribution in [2.75, 3.05) is 13.2 Å². The monoisotopic (exact) mass is 478 g/mol. The summed E-state index contributed by atoms with van der Waals surface area (Å²) in [7, 11) is -1.35. The second kappa shape index (κ2) is 10.1. The van der Waals surface area contributed by atoms with Crippen LogP contribution in [0.2, 0.25) is 25.7 Å². The number of fused-ring (bicyclic) bond motifs is 1. The van der Waals surface area contributed by atoms with Crippen molar-refractivity contribution in [3.05, 3.63) is 36.0 Å². The molecule has 0 aliphatic heterocycles. The Bertz CT molecular complexity index is 846. The number of benzene rings is 1. The van der Waals surface area contributed by atoms with E-state index in [4.69, 9.17) is 44.3 Å². The van der Waals surface area contributed by atoms with E-state index < -0.39 is 36.6 Å². The number of rotatable bonds is 8. The van der Waals surface area contributed by atoms with Gasteiger partial charge in [-0.3, -0.25) is 0 Å². The van der Waals surface area contributed by atoms with Crippen LogP contribution in [0.1, 0.15) is 5.56 Å². The van der Waals surface area contributed by atoms with Crippen molar-refractivity contribution in [2.45, 2.75) is 41.9 Å². The first kappa shape index (κ1) is 23.9. The van der Waals surface area contributed by atoms with Gasteiger partial charge in [0.1, 0.15) is 12.6 Å². The van der Waals surface area contributed by atoms with Crippen molar-refractivity contribution in [3.8, 4) is 0 Å². The van der Waals surface area contributed by atoms with Crippen LogP contribution in [0, 0.1) is 0 Å². The summed E-state index contributed by atoms with van der Waals surface area (Å²) in [5.74, 6) is -0.705. The minimum Gasteiger partial charge on any atom is -0.460 e. The van der Waals surface area contributed by atoms with E-state index in [0.29, 0.717) is 6.61 Å².